The molecule has 0 spiro atoms. The summed E-state index contributed by atoms with van der Waals surface area (Å²) in [4.78, 5) is 0. The molecular formula is C13H17NO2. The minimum atomic E-state index is -0.0640. The van der Waals surface area contributed by atoms with E-state index < -0.39 is 0 Å². The van der Waals surface area contributed by atoms with Gasteiger partial charge in [-0.25, -0.2) is 0 Å². The summed E-state index contributed by atoms with van der Waals surface area (Å²) in [5, 5.41) is 0. The molecule has 0 amide bonds. The summed E-state index contributed by atoms with van der Waals surface area (Å²) in [5.74, 6) is 0. The molecule has 1 aromatic rings. The predicted molar refractivity (Wildman–Crippen MR) is 61.1 cm³/mol. The fourth-order valence-corrected chi connectivity index (χ4v) is 2.15. The normalized spacial score (nSPS) is 27.7. The van der Waals surface area contributed by atoms with Crippen LogP contribution in [-0.4, -0.2) is 19.8 Å². The van der Waals surface area contributed by atoms with Crippen LogP contribution in [0.3, 0.4) is 0 Å². The summed E-state index contributed by atoms with van der Waals surface area (Å²) in [5.41, 5.74) is 8.55. The third-order valence-corrected chi connectivity index (χ3v) is 3.44. The van der Waals surface area contributed by atoms with E-state index in [0.29, 0.717) is 19.8 Å². The third kappa shape index (κ3) is 1.86. The van der Waals surface area contributed by atoms with Crippen molar-refractivity contribution in [1.29, 1.82) is 0 Å². The van der Waals surface area contributed by atoms with E-state index in [4.69, 9.17) is 15.2 Å². The van der Waals surface area contributed by atoms with Crippen molar-refractivity contribution >= 4 is 0 Å². The molecule has 2 N–H and O–H groups in total. The van der Waals surface area contributed by atoms with Crippen LogP contribution in [0.1, 0.15) is 30.1 Å². The quantitative estimate of drug-likeness (QED) is 0.823. The standard InChI is InChI=1S/C13H17NO2/c14-13(4-5-13)11-3-1-2-10(8-11)12-9-15-6-7-16-12/h1-3,8,12H,4-7,9,14H2/t12-/m0/s1. The van der Waals surface area contributed by atoms with Crippen LogP contribution in [-0.2, 0) is 15.0 Å². The van der Waals surface area contributed by atoms with Gasteiger partial charge < -0.3 is 15.2 Å². The van der Waals surface area contributed by atoms with Gasteiger partial charge in [-0.1, -0.05) is 24.3 Å². The van der Waals surface area contributed by atoms with Gasteiger partial charge in [0.1, 0.15) is 6.10 Å². The SMILES string of the molecule is NC1(c2cccc([C@@H]3COCCO3)c2)CC1. The zero-order valence-corrected chi connectivity index (χ0v) is 9.32. The molecule has 1 aliphatic carbocycles. The lowest BCUT2D eigenvalue weighted by Crippen LogP contribution is -2.23. The van der Waals surface area contributed by atoms with Crippen molar-refractivity contribution in [2.75, 3.05) is 19.8 Å². The first-order valence-corrected chi connectivity index (χ1v) is 5.87. The summed E-state index contributed by atoms with van der Waals surface area (Å²) in [6.45, 7) is 2.04. The molecule has 1 aromatic carbocycles. The lowest BCUT2D eigenvalue weighted by Gasteiger charge is -2.24. The highest BCUT2D eigenvalue weighted by atomic mass is 16.6. The molecule has 2 aliphatic rings. The average molecular weight is 219 g/mol. The average Bonchev–Trinajstić information content (AvgIpc) is 3.10. The molecule has 0 unspecified atom stereocenters. The molecule has 1 aliphatic heterocycles. The number of rotatable bonds is 2. The van der Waals surface area contributed by atoms with Crippen molar-refractivity contribution in [3.8, 4) is 0 Å². The Balaban J connectivity index is 1.84. The maximum atomic E-state index is 6.19. The monoisotopic (exact) mass is 219 g/mol. The second-order valence-corrected chi connectivity index (χ2v) is 4.72. The van der Waals surface area contributed by atoms with Crippen molar-refractivity contribution in [2.45, 2.75) is 24.5 Å². The number of nitrogens with two attached hydrogens (primary N) is 1. The Morgan fingerprint density at radius 2 is 2.12 bits per heavy atom. The molecule has 3 heteroatoms. The van der Waals surface area contributed by atoms with E-state index in [-0.39, 0.29) is 11.6 Å². The Morgan fingerprint density at radius 3 is 2.81 bits per heavy atom. The molecule has 0 radical (unpaired) electrons. The lowest BCUT2D eigenvalue weighted by molar-refractivity contribution is -0.0901. The highest BCUT2D eigenvalue weighted by Gasteiger charge is 2.40. The van der Waals surface area contributed by atoms with E-state index in [0.717, 1.165) is 12.8 Å². The van der Waals surface area contributed by atoms with Crippen LogP contribution in [0.4, 0.5) is 0 Å². The summed E-state index contributed by atoms with van der Waals surface area (Å²) < 4.78 is 11.1. The molecule has 2 fully saturated rings. The first-order valence-electron chi connectivity index (χ1n) is 5.87. The fourth-order valence-electron chi connectivity index (χ4n) is 2.15. The summed E-state index contributed by atoms with van der Waals surface area (Å²) in [6.07, 6.45) is 2.27. The van der Waals surface area contributed by atoms with Gasteiger partial charge >= 0.3 is 0 Å². The van der Waals surface area contributed by atoms with Gasteiger partial charge in [0.05, 0.1) is 19.8 Å². The fraction of sp³-hybridized carbons (Fsp3) is 0.538. The van der Waals surface area contributed by atoms with Crippen LogP contribution >= 0.6 is 0 Å². The van der Waals surface area contributed by atoms with Crippen molar-refractivity contribution in [1.82, 2.24) is 0 Å². The summed E-state index contributed by atoms with van der Waals surface area (Å²) in [7, 11) is 0. The molecule has 1 atom stereocenters. The third-order valence-electron chi connectivity index (χ3n) is 3.44. The van der Waals surface area contributed by atoms with Gasteiger partial charge in [-0.2, -0.15) is 0 Å². The lowest BCUT2D eigenvalue weighted by atomic mass is 10.0. The van der Waals surface area contributed by atoms with Crippen LogP contribution in [0.15, 0.2) is 24.3 Å². The molecule has 3 nitrogen and oxygen atoms in total. The molecule has 1 saturated heterocycles. The topological polar surface area (TPSA) is 44.5 Å². The highest BCUT2D eigenvalue weighted by molar-refractivity contribution is 5.34. The summed E-state index contributed by atoms with van der Waals surface area (Å²) >= 11 is 0. The van der Waals surface area contributed by atoms with Crippen LogP contribution in [0.2, 0.25) is 0 Å². The Morgan fingerprint density at radius 1 is 1.25 bits per heavy atom. The second kappa shape index (κ2) is 3.84. The molecule has 16 heavy (non-hydrogen) atoms. The summed E-state index contributed by atoms with van der Waals surface area (Å²) in [6, 6.07) is 8.44. The van der Waals surface area contributed by atoms with Gasteiger partial charge in [0.2, 0.25) is 0 Å². The van der Waals surface area contributed by atoms with Crippen molar-refractivity contribution in [2.24, 2.45) is 5.73 Å². The first kappa shape index (κ1) is 10.3. The van der Waals surface area contributed by atoms with Gasteiger partial charge in [0.15, 0.2) is 0 Å². The van der Waals surface area contributed by atoms with Crippen LogP contribution in [0.25, 0.3) is 0 Å². The van der Waals surface area contributed by atoms with Gasteiger partial charge in [0.25, 0.3) is 0 Å². The van der Waals surface area contributed by atoms with Gasteiger partial charge in [-0.3, -0.25) is 0 Å². The second-order valence-electron chi connectivity index (χ2n) is 4.72. The van der Waals surface area contributed by atoms with Crippen LogP contribution in [0.5, 0.6) is 0 Å². The van der Waals surface area contributed by atoms with E-state index in [1.165, 1.54) is 11.1 Å². The number of hydrogen-bond acceptors (Lipinski definition) is 3. The van der Waals surface area contributed by atoms with Crippen LogP contribution in [0, 0.1) is 0 Å². The molecule has 86 valence electrons. The maximum absolute atomic E-state index is 6.19. The van der Waals surface area contributed by atoms with Crippen molar-refractivity contribution < 1.29 is 9.47 Å². The van der Waals surface area contributed by atoms with Gasteiger partial charge in [0, 0.05) is 5.54 Å². The van der Waals surface area contributed by atoms with Crippen molar-refractivity contribution in [3.63, 3.8) is 0 Å². The zero-order valence-electron chi connectivity index (χ0n) is 9.32. The van der Waals surface area contributed by atoms with Gasteiger partial charge in [-0.05, 0) is 24.0 Å². The zero-order chi connectivity index (χ0) is 11.0. The van der Waals surface area contributed by atoms with Crippen molar-refractivity contribution in [3.05, 3.63) is 35.4 Å². The minimum absolute atomic E-state index is 0.0640. The Bertz CT molecular complexity index is 381. The number of benzene rings is 1. The largest absolute Gasteiger partial charge is 0.376 e. The Hall–Kier alpha value is -0.900. The van der Waals surface area contributed by atoms with E-state index in [1.54, 1.807) is 0 Å². The molecular weight excluding hydrogens is 202 g/mol. The minimum Gasteiger partial charge on any atom is -0.376 e. The molecule has 1 heterocycles. The van der Waals surface area contributed by atoms with E-state index in [9.17, 15) is 0 Å². The highest BCUT2D eigenvalue weighted by Crippen LogP contribution is 2.43. The van der Waals surface area contributed by atoms with Gasteiger partial charge in [-0.15, -0.1) is 0 Å². The van der Waals surface area contributed by atoms with E-state index in [1.807, 2.05) is 0 Å². The predicted octanol–water partition coefficient (Wildman–Crippen LogP) is 1.72. The molecule has 1 saturated carbocycles. The van der Waals surface area contributed by atoms with Crippen LogP contribution < -0.4 is 5.73 Å². The maximum Gasteiger partial charge on any atom is 0.106 e. The molecule has 3 rings (SSSR count). The van der Waals surface area contributed by atoms with E-state index in [2.05, 4.69) is 24.3 Å². The Labute approximate surface area is 95.5 Å². The van der Waals surface area contributed by atoms with E-state index >= 15 is 0 Å². The first-order chi connectivity index (χ1) is 7.78. The number of ether oxygens (including phenoxy) is 2. The Kier molecular flexibility index (Phi) is 2.46. The number of hydrogen-bond donors (Lipinski definition) is 1. The molecule has 0 aromatic heterocycles. The smallest absolute Gasteiger partial charge is 0.106 e. The molecule has 0 bridgehead atoms.